The van der Waals surface area contributed by atoms with Crippen molar-refractivity contribution in [2.24, 2.45) is 0 Å². The van der Waals surface area contributed by atoms with Gasteiger partial charge >= 0.3 is 0 Å². The number of benzene rings is 2. The molecule has 0 saturated carbocycles. The second-order valence-corrected chi connectivity index (χ2v) is 10.0. The monoisotopic (exact) mass is 459 g/mol. The van der Waals surface area contributed by atoms with Gasteiger partial charge in [0.25, 0.3) is 0 Å². The number of carbonyl (C=O) groups is 2. The van der Waals surface area contributed by atoms with Crippen LogP contribution >= 0.6 is 0 Å². The summed E-state index contributed by atoms with van der Waals surface area (Å²) in [4.78, 5) is 27.4. The fourth-order valence-corrected chi connectivity index (χ4v) is 4.33. The van der Waals surface area contributed by atoms with Crippen LogP contribution in [0.3, 0.4) is 0 Å². The SMILES string of the molecule is CCCNC(=O)[C@H](C)N(Cc1ccccc1C)C(=O)CN(C)S(=O)(=O)c1ccc(C)cc1. The summed E-state index contributed by atoms with van der Waals surface area (Å²) in [5, 5.41) is 2.82. The van der Waals surface area contributed by atoms with Crippen LogP contribution in [-0.2, 0) is 26.2 Å². The van der Waals surface area contributed by atoms with Crippen LogP contribution in [0.1, 0.15) is 37.0 Å². The van der Waals surface area contributed by atoms with Gasteiger partial charge in [0.15, 0.2) is 0 Å². The lowest BCUT2D eigenvalue weighted by Gasteiger charge is -2.30. The molecule has 174 valence electrons. The summed E-state index contributed by atoms with van der Waals surface area (Å²) in [5.41, 5.74) is 2.84. The highest BCUT2D eigenvalue weighted by molar-refractivity contribution is 7.89. The zero-order valence-corrected chi connectivity index (χ0v) is 20.3. The lowest BCUT2D eigenvalue weighted by Crippen LogP contribution is -2.50. The van der Waals surface area contributed by atoms with Crippen LogP contribution in [0.25, 0.3) is 0 Å². The van der Waals surface area contributed by atoms with E-state index in [1.54, 1.807) is 19.1 Å². The Morgan fingerprint density at radius 1 is 1.03 bits per heavy atom. The minimum atomic E-state index is -3.84. The van der Waals surface area contributed by atoms with Crippen LogP contribution < -0.4 is 5.32 Å². The number of hydrogen-bond donors (Lipinski definition) is 1. The molecule has 1 atom stereocenters. The summed E-state index contributed by atoms with van der Waals surface area (Å²) in [7, 11) is -2.46. The van der Waals surface area contributed by atoms with E-state index >= 15 is 0 Å². The van der Waals surface area contributed by atoms with E-state index in [9.17, 15) is 18.0 Å². The van der Waals surface area contributed by atoms with Gasteiger partial charge in [0.1, 0.15) is 6.04 Å². The molecule has 0 aliphatic heterocycles. The Balaban J connectivity index is 2.27. The number of amides is 2. The Morgan fingerprint density at radius 3 is 2.25 bits per heavy atom. The van der Waals surface area contributed by atoms with Crippen molar-refractivity contribution in [1.29, 1.82) is 0 Å². The highest BCUT2D eigenvalue weighted by Crippen LogP contribution is 2.17. The fourth-order valence-electron chi connectivity index (χ4n) is 3.21. The van der Waals surface area contributed by atoms with Gasteiger partial charge in [-0.1, -0.05) is 48.9 Å². The van der Waals surface area contributed by atoms with E-state index in [-0.39, 0.29) is 23.9 Å². The van der Waals surface area contributed by atoms with E-state index in [2.05, 4.69) is 5.32 Å². The van der Waals surface area contributed by atoms with Crippen LogP contribution in [-0.4, -0.2) is 55.6 Å². The zero-order valence-electron chi connectivity index (χ0n) is 19.5. The van der Waals surface area contributed by atoms with Crippen LogP contribution in [0.15, 0.2) is 53.4 Å². The summed E-state index contributed by atoms with van der Waals surface area (Å²) in [6.07, 6.45) is 0.779. The molecule has 0 unspecified atom stereocenters. The molecule has 0 fully saturated rings. The molecular weight excluding hydrogens is 426 g/mol. The third-order valence-electron chi connectivity index (χ3n) is 5.41. The molecule has 0 spiro atoms. The first kappa shape index (κ1) is 25.5. The maximum atomic E-state index is 13.3. The molecular formula is C24H33N3O4S. The molecule has 2 amide bonds. The Morgan fingerprint density at radius 2 is 1.66 bits per heavy atom. The molecule has 0 radical (unpaired) electrons. The van der Waals surface area contributed by atoms with Crippen LogP contribution in [0.2, 0.25) is 0 Å². The molecule has 32 heavy (non-hydrogen) atoms. The molecule has 0 saturated heterocycles. The number of nitrogens with one attached hydrogen (secondary N) is 1. The van der Waals surface area contributed by atoms with Gasteiger partial charge < -0.3 is 10.2 Å². The van der Waals surface area contributed by atoms with Crippen LogP contribution in [0, 0.1) is 13.8 Å². The number of nitrogens with zero attached hydrogens (tertiary/aromatic N) is 2. The van der Waals surface area contributed by atoms with E-state index in [1.807, 2.05) is 45.0 Å². The number of hydrogen-bond acceptors (Lipinski definition) is 4. The number of carbonyl (C=O) groups excluding carboxylic acids is 2. The summed E-state index contributed by atoms with van der Waals surface area (Å²) in [6.45, 7) is 7.78. The largest absolute Gasteiger partial charge is 0.354 e. The summed E-state index contributed by atoms with van der Waals surface area (Å²) < 4.78 is 26.9. The van der Waals surface area contributed by atoms with Crippen molar-refractivity contribution in [2.75, 3.05) is 20.1 Å². The van der Waals surface area contributed by atoms with Crippen molar-refractivity contribution in [3.8, 4) is 0 Å². The van der Waals surface area contributed by atoms with Crippen molar-refractivity contribution in [3.05, 3.63) is 65.2 Å². The number of sulfonamides is 1. The summed E-state index contributed by atoms with van der Waals surface area (Å²) >= 11 is 0. The molecule has 1 N–H and O–H groups in total. The van der Waals surface area contributed by atoms with Crippen molar-refractivity contribution < 1.29 is 18.0 Å². The van der Waals surface area contributed by atoms with E-state index in [0.29, 0.717) is 6.54 Å². The zero-order chi connectivity index (χ0) is 23.9. The molecule has 8 heteroatoms. The number of likely N-dealkylation sites (N-methyl/N-ethyl adjacent to an activating group) is 1. The molecule has 7 nitrogen and oxygen atoms in total. The second-order valence-electron chi connectivity index (χ2n) is 7.99. The smallest absolute Gasteiger partial charge is 0.243 e. The Kier molecular flexibility index (Phi) is 8.98. The molecule has 2 rings (SSSR count). The van der Waals surface area contributed by atoms with Crippen molar-refractivity contribution in [3.63, 3.8) is 0 Å². The maximum Gasteiger partial charge on any atom is 0.243 e. The van der Waals surface area contributed by atoms with Crippen molar-refractivity contribution in [1.82, 2.24) is 14.5 Å². The van der Waals surface area contributed by atoms with Crippen molar-refractivity contribution in [2.45, 2.75) is 51.6 Å². The van der Waals surface area contributed by atoms with E-state index in [1.165, 1.54) is 24.1 Å². The third-order valence-corrected chi connectivity index (χ3v) is 7.22. The van der Waals surface area contributed by atoms with Crippen LogP contribution in [0.4, 0.5) is 0 Å². The van der Waals surface area contributed by atoms with Gasteiger partial charge in [-0.05, 0) is 50.5 Å². The van der Waals surface area contributed by atoms with Gasteiger partial charge in [0.05, 0.1) is 11.4 Å². The van der Waals surface area contributed by atoms with Gasteiger partial charge in [-0.3, -0.25) is 9.59 Å². The van der Waals surface area contributed by atoms with Gasteiger partial charge in [-0.2, -0.15) is 4.31 Å². The first-order chi connectivity index (χ1) is 15.1. The molecule has 2 aromatic carbocycles. The van der Waals surface area contributed by atoms with Gasteiger partial charge in [-0.25, -0.2) is 8.42 Å². The Bertz CT molecular complexity index is 1040. The van der Waals surface area contributed by atoms with Gasteiger partial charge in [0.2, 0.25) is 21.8 Å². The molecule has 0 aromatic heterocycles. The molecule has 0 aliphatic rings. The van der Waals surface area contributed by atoms with E-state index in [4.69, 9.17) is 0 Å². The average molecular weight is 460 g/mol. The normalized spacial score (nSPS) is 12.4. The minimum Gasteiger partial charge on any atom is -0.354 e. The standard InChI is InChI=1S/C24H33N3O4S/c1-6-15-25-24(29)20(4)27(16-21-10-8-7-9-19(21)3)23(28)17-26(5)32(30,31)22-13-11-18(2)12-14-22/h7-14,20H,6,15-17H2,1-5H3,(H,25,29)/t20-/m0/s1. The van der Waals surface area contributed by atoms with Crippen molar-refractivity contribution >= 4 is 21.8 Å². The van der Waals surface area contributed by atoms with Gasteiger partial charge in [0, 0.05) is 20.1 Å². The predicted octanol–water partition coefficient (Wildman–Crippen LogP) is 2.87. The minimum absolute atomic E-state index is 0.123. The summed E-state index contributed by atoms with van der Waals surface area (Å²) in [5.74, 6) is -0.705. The molecule has 2 aromatic rings. The van der Waals surface area contributed by atoms with Crippen LogP contribution in [0.5, 0.6) is 0 Å². The number of rotatable bonds is 10. The van der Waals surface area contributed by atoms with E-state index < -0.39 is 22.0 Å². The summed E-state index contributed by atoms with van der Waals surface area (Å²) in [6, 6.07) is 13.4. The predicted molar refractivity (Wildman–Crippen MR) is 125 cm³/mol. The Labute approximate surface area is 191 Å². The Hall–Kier alpha value is -2.71. The highest BCUT2D eigenvalue weighted by atomic mass is 32.2. The first-order valence-electron chi connectivity index (χ1n) is 10.7. The molecule has 0 heterocycles. The topological polar surface area (TPSA) is 86.8 Å². The maximum absolute atomic E-state index is 13.3. The highest BCUT2D eigenvalue weighted by Gasteiger charge is 2.30. The molecule has 0 bridgehead atoms. The van der Waals surface area contributed by atoms with E-state index in [0.717, 1.165) is 27.4 Å². The van der Waals surface area contributed by atoms with Gasteiger partial charge in [-0.15, -0.1) is 0 Å². The lowest BCUT2D eigenvalue weighted by atomic mass is 10.1. The fraction of sp³-hybridized carbons (Fsp3) is 0.417. The quantitative estimate of drug-likeness (QED) is 0.592. The average Bonchev–Trinajstić information content (AvgIpc) is 2.76. The lowest BCUT2D eigenvalue weighted by molar-refractivity contribution is -0.140. The third kappa shape index (κ3) is 6.40. The molecule has 0 aliphatic carbocycles. The second kappa shape index (κ2) is 11.2. The first-order valence-corrected chi connectivity index (χ1v) is 12.2. The number of aryl methyl sites for hydroxylation is 2.